The van der Waals surface area contributed by atoms with Gasteiger partial charge in [0.15, 0.2) is 0 Å². The first-order chi connectivity index (χ1) is 12.8. The van der Waals surface area contributed by atoms with Crippen molar-refractivity contribution in [2.75, 3.05) is 6.54 Å². The van der Waals surface area contributed by atoms with Gasteiger partial charge in [-0.1, -0.05) is 48.0 Å². The Labute approximate surface area is 156 Å². The number of rotatable bonds is 5. The van der Waals surface area contributed by atoms with E-state index in [0.29, 0.717) is 11.1 Å². The average molecular weight is 369 g/mol. The van der Waals surface area contributed by atoms with Crippen molar-refractivity contribution in [1.82, 2.24) is 15.5 Å². The Hall–Kier alpha value is -3.22. The van der Waals surface area contributed by atoms with Gasteiger partial charge in [0, 0.05) is 12.1 Å². The summed E-state index contributed by atoms with van der Waals surface area (Å²) in [7, 11) is 0. The van der Waals surface area contributed by atoms with Gasteiger partial charge in [0.25, 0.3) is 5.91 Å². The highest BCUT2D eigenvalue weighted by Gasteiger charge is 2.49. The Morgan fingerprint density at radius 1 is 1.15 bits per heavy atom. The van der Waals surface area contributed by atoms with Crippen molar-refractivity contribution in [2.24, 2.45) is 0 Å². The van der Waals surface area contributed by atoms with Crippen LogP contribution in [0.4, 0.5) is 9.18 Å². The van der Waals surface area contributed by atoms with Crippen LogP contribution in [0.15, 0.2) is 48.5 Å². The fraction of sp³-hybridized carbons (Fsp3) is 0.250. The lowest BCUT2D eigenvalue weighted by atomic mass is 9.91. The van der Waals surface area contributed by atoms with Gasteiger partial charge in [0.2, 0.25) is 5.91 Å². The van der Waals surface area contributed by atoms with E-state index in [-0.39, 0.29) is 6.54 Å². The summed E-state index contributed by atoms with van der Waals surface area (Å²) in [5, 5.41) is 5.18. The lowest BCUT2D eigenvalue weighted by Gasteiger charge is -2.22. The van der Waals surface area contributed by atoms with E-state index < -0.39 is 35.7 Å². The number of nitrogens with one attached hydrogen (secondary N) is 2. The highest BCUT2D eigenvalue weighted by Crippen LogP contribution is 2.28. The van der Waals surface area contributed by atoms with Gasteiger partial charge < -0.3 is 10.6 Å². The van der Waals surface area contributed by atoms with Gasteiger partial charge in [-0.25, -0.2) is 9.18 Å². The van der Waals surface area contributed by atoms with Crippen LogP contribution in [0.25, 0.3) is 0 Å². The zero-order chi connectivity index (χ0) is 19.6. The molecule has 0 saturated carbocycles. The maximum Gasteiger partial charge on any atom is 0.325 e. The second-order valence-corrected chi connectivity index (χ2v) is 6.68. The van der Waals surface area contributed by atoms with Crippen LogP contribution in [0.1, 0.15) is 23.6 Å². The van der Waals surface area contributed by atoms with E-state index >= 15 is 0 Å². The van der Waals surface area contributed by atoms with Gasteiger partial charge in [-0.2, -0.15) is 0 Å². The molecule has 7 heteroatoms. The van der Waals surface area contributed by atoms with Gasteiger partial charge in [-0.15, -0.1) is 0 Å². The lowest BCUT2D eigenvalue weighted by molar-refractivity contribution is -0.134. The molecule has 0 radical (unpaired) electrons. The number of amides is 4. The summed E-state index contributed by atoms with van der Waals surface area (Å²) in [6, 6.07) is 12.7. The number of hydrogen-bond donors (Lipinski definition) is 2. The SMILES string of the molecule is Cc1ccc(C2(C)NC(=O)N(CC(=O)NCc3ccccc3F)C2=O)cc1. The Morgan fingerprint density at radius 3 is 2.48 bits per heavy atom. The molecule has 0 bridgehead atoms. The molecule has 140 valence electrons. The number of hydrogen-bond acceptors (Lipinski definition) is 3. The molecule has 4 amide bonds. The molecule has 27 heavy (non-hydrogen) atoms. The van der Waals surface area contributed by atoms with Crippen LogP contribution in [0.3, 0.4) is 0 Å². The van der Waals surface area contributed by atoms with Gasteiger partial charge >= 0.3 is 6.03 Å². The number of benzene rings is 2. The van der Waals surface area contributed by atoms with Crippen molar-refractivity contribution >= 4 is 17.8 Å². The summed E-state index contributed by atoms with van der Waals surface area (Å²) < 4.78 is 13.6. The van der Waals surface area contributed by atoms with Crippen molar-refractivity contribution in [3.05, 3.63) is 71.0 Å². The largest absolute Gasteiger partial charge is 0.350 e. The molecule has 6 nitrogen and oxygen atoms in total. The monoisotopic (exact) mass is 369 g/mol. The molecule has 1 heterocycles. The number of carbonyl (C=O) groups is 3. The Bertz CT molecular complexity index is 898. The molecular formula is C20H20FN3O3. The second-order valence-electron chi connectivity index (χ2n) is 6.68. The minimum absolute atomic E-state index is 0.0234. The molecule has 1 aliphatic rings. The molecule has 2 N–H and O–H groups in total. The van der Waals surface area contributed by atoms with E-state index in [9.17, 15) is 18.8 Å². The van der Waals surface area contributed by atoms with Crippen LogP contribution in [0.2, 0.25) is 0 Å². The molecule has 2 aromatic carbocycles. The summed E-state index contributed by atoms with van der Waals surface area (Å²) in [6.07, 6.45) is 0. The molecule has 1 unspecified atom stereocenters. The predicted molar refractivity (Wildman–Crippen MR) is 97.0 cm³/mol. The van der Waals surface area contributed by atoms with E-state index in [2.05, 4.69) is 10.6 Å². The van der Waals surface area contributed by atoms with Crippen molar-refractivity contribution < 1.29 is 18.8 Å². The normalized spacial score (nSPS) is 19.1. The number of nitrogens with zero attached hydrogens (tertiary/aromatic N) is 1. The van der Waals surface area contributed by atoms with Crippen LogP contribution in [0, 0.1) is 12.7 Å². The summed E-state index contributed by atoms with van der Waals surface area (Å²) in [5.74, 6) is -1.48. The van der Waals surface area contributed by atoms with Crippen molar-refractivity contribution in [1.29, 1.82) is 0 Å². The summed E-state index contributed by atoms with van der Waals surface area (Å²) in [4.78, 5) is 38.1. The molecular weight excluding hydrogens is 349 g/mol. The Balaban J connectivity index is 1.67. The topological polar surface area (TPSA) is 78.5 Å². The first-order valence-corrected chi connectivity index (χ1v) is 8.52. The number of carbonyl (C=O) groups excluding carboxylic acids is 3. The Kier molecular flexibility index (Phi) is 4.94. The van der Waals surface area contributed by atoms with Gasteiger partial charge in [-0.05, 0) is 25.5 Å². The van der Waals surface area contributed by atoms with Gasteiger partial charge in [0.1, 0.15) is 17.9 Å². The summed E-state index contributed by atoms with van der Waals surface area (Å²) in [6.45, 7) is 3.08. The molecule has 1 aliphatic heterocycles. The third-order valence-corrected chi connectivity index (χ3v) is 4.64. The standard InChI is InChI=1S/C20H20FN3O3/c1-13-7-9-15(10-8-13)20(2)18(26)24(19(27)23-20)12-17(25)22-11-14-5-3-4-6-16(14)21/h3-10H,11-12H2,1-2H3,(H,22,25)(H,23,27). The predicted octanol–water partition coefficient (Wildman–Crippen LogP) is 2.22. The quantitative estimate of drug-likeness (QED) is 0.794. The lowest BCUT2D eigenvalue weighted by Crippen LogP contribution is -2.43. The maximum absolute atomic E-state index is 13.6. The number of urea groups is 1. The second kappa shape index (κ2) is 7.19. The van der Waals surface area contributed by atoms with E-state index in [1.807, 2.05) is 19.1 Å². The maximum atomic E-state index is 13.6. The average Bonchev–Trinajstić information content (AvgIpc) is 2.85. The fourth-order valence-electron chi connectivity index (χ4n) is 2.96. The van der Waals surface area contributed by atoms with Gasteiger partial charge in [0.05, 0.1) is 0 Å². The van der Waals surface area contributed by atoms with Crippen LogP contribution in [-0.2, 0) is 21.7 Å². The highest BCUT2D eigenvalue weighted by atomic mass is 19.1. The number of halogens is 1. The number of aryl methyl sites for hydroxylation is 1. The van der Waals surface area contributed by atoms with Crippen LogP contribution >= 0.6 is 0 Å². The first-order valence-electron chi connectivity index (χ1n) is 8.52. The minimum atomic E-state index is -1.23. The third kappa shape index (κ3) is 3.67. The van der Waals surface area contributed by atoms with Crippen molar-refractivity contribution in [2.45, 2.75) is 25.9 Å². The van der Waals surface area contributed by atoms with Crippen molar-refractivity contribution in [3.63, 3.8) is 0 Å². The summed E-state index contributed by atoms with van der Waals surface area (Å²) in [5.41, 5.74) is 0.771. The smallest absolute Gasteiger partial charge is 0.325 e. The molecule has 1 saturated heterocycles. The fourth-order valence-corrected chi connectivity index (χ4v) is 2.96. The zero-order valence-electron chi connectivity index (χ0n) is 15.1. The van der Waals surface area contributed by atoms with E-state index in [1.165, 1.54) is 6.07 Å². The third-order valence-electron chi connectivity index (χ3n) is 4.64. The minimum Gasteiger partial charge on any atom is -0.350 e. The molecule has 1 atom stereocenters. The molecule has 0 spiro atoms. The van der Waals surface area contributed by atoms with E-state index in [4.69, 9.17) is 0 Å². The molecule has 3 rings (SSSR count). The molecule has 0 aliphatic carbocycles. The number of imide groups is 1. The summed E-state index contributed by atoms with van der Waals surface area (Å²) >= 11 is 0. The first kappa shape index (κ1) is 18.6. The van der Waals surface area contributed by atoms with Crippen molar-refractivity contribution in [3.8, 4) is 0 Å². The van der Waals surface area contributed by atoms with Crippen LogP contribution < -0.4 is 10.6 Å². The van der Waals surface area contributed by atoms with E-state index in [0.717, 1.165) is 10.5 Å². The molecule has 2 aromatic rings. The zero-order valence-corrected chi connectivity index (χ0v) is 15.1. The van der Waals surface area contributed by atoms with Gasteiger partial charge in [-0.3, -0.25) is 14.5 Å². The van der Waals surface area contributed by atoms with Crippen LogP contribution in [-0.4, -0.2) is 29.3 Å². The highest BCUT2D eigenvalue weighted by molar-refractivity contribution is 6.09. The molecule has 1 fully saturated rings. The van der Waals surface area contributed by atoms with Crippen LogP contribution in [0.5, 0.6) is 0 Å². The Morgan fingerprint density at radius 2 is 1.81 bits per heavy atom. The molecule has 0 aromatic heterocycles. The van der Waals surface area contributed by atoms with E-state index in [1.54, 1.807) is 37.3 Å².